The maximum absolute atomic E-state index is 11.9. The Bertz CT molecular complexity index is 550. The lowest BCUT2D eigenvalue weighted by Crippen LogP contribution is -2.20. The van der Waals surface area contributed by atoms with E-state index in [1.54, 1.807) is 6.07 Å². The van der Waals surface area contributed by atoms with E-state index in [0.717, 1.165) is 16.8 Å². The van der Waals surface area contributed by atoms with Gasteiger partial charge in [0.15, 0.2) is 0 Å². The monoisotopic (exact) mass is 271 g/mol. The van der Waals surface area contributed by atoms with E-state index in [2.05, 4.69) is 15.2 Å². The number of ether oxygens (including phenoxy) is 1. The number of hydrogen-bond acceptors (Lipinski definition) is 3. The highest BCUT2D eigenvalue weighted by atomic mass is 19.4. The number of carbonyl (C=O) groups is 1. The molecule has 2 aromatic rings. The molecule has 0 bridgehead atoms. The van der Waals surface area contributed by atoms with Gasteiger partial charge in [-0.1, -0.05) is 0 Å². The molecule has 0 fully saturated rings. The van der Waals surface area contributed by atoms with Crippen LogP contribution in [0.2, 0.25) is 0 Å². The van der Waals surface area contributed by atoms with Crippen LogP contribution in [0.4, 0.5) is 23.7 Å². The number of carbonyl (C=O) groups excluding carboxylic acids is 1. The third-order valence-electron chi connectivity index (χ3n) is 2.05. The summed E-state index contributed by atoms with van der Waals surface area (Å²) in [7, 11) is 0. The summed E-state index contributed by atoms with van der Waals surface area (Å²) in [6.45, 7) is 0. The minimum atomic E-state index is -4.74. The molecule has 19 heavy (non-hydrogen) atoms. The van der Waals surface area contributed by atoms with E-state index < -0.39 is 12.4 Å². The van der Waals surface area contributed by atoms with E-state index in [0.29, 0.717) is 5.69 Å². The summed E-state index contributed by atoms with van der Waals surface area (Å²) in [4.78, 5) is 11.6. The Morgan fingerprint density at radius 2 is 1.95 bits per heavy atom. The zero-order chi connectivity index (χ0) is 13.9. The van der Waals surface area contributed by atoms with E-state index in [9.17, 15) is 18.0 Å². The number of nitrogens with zero attached hydrogens (tertiary/aromatic N) is 2. The van der Waals surface area contributed by atoms with Crippen LogP contribution in [0, 0.1) is 0 Å². The van der Waals surface area contributed by atoms with Crippen LogP contribution < -0.4 is 10.1 Å². The van der Waals surface area contributed by atoms with Crippen LogP contribution >= 0.6 is 0 Å². The average Bonchev–Trinajstić information content (AvgIpc) is 2.83. The minimum absolute atomic E-state index is 0.329. The number of aromatic nitrogens is 2. The summed E-state index contributed by atoms with van der Waals surface area (Å²) in [5.41, 5.74) is 0.329. The third-order valence-corrected chi connectivity index (χ3v) is 2.05. The van der Waals surface area contributed by atoms with Crippen LogP contribution in [-0.2, 0) is 0 Å². The number of benzene rings is 1. The standard InChI is InChI=1S/C11H8F3N3O2/c12-11(13,14)19-9-4-2-8(3-5-9)16-10(18)17-7-1-6-15-17/h1-7H,(H,16,18). The molecule has 0 radical (unpaired) electrons. The molecule has 0 aliphatic rings. The van der Waals surface area contributed by atoms with E-state index in [1.165, 1.54) is 24.5 Å². The molecule has 0 saturated carbocycles. The zero-order valence-corrected chi connectivity index (χ0v) is 9.39. The lowest BCUT2D eigenvalue weighted by atomic mass is 10.3. The number of alkyl halides is 3. The second kappa shape index (κ2) is 5.01. The Hall–Kier alpha value is -2.51. The Morgan fingerprint density at radius 1 is 1.26 bits per heavy atom. The molecule has 0 spiro atoms. The van der Waals surface area contributed by atoms with Crippen molar-refractivity contribution in [2.45, 2.75) is 6.36 Å². The fraction of sp³-hybridized carbons (Fsp3) is 0.0909. The molecule has 100 valence electrons. The predicted molar refractivity (Wildman–Crippen MR) is 59.8 cm³/mol. The van der Waals surface area contributed by atoms with Gasteiger partial charge >= 0.3 is 12.4 Å². The summed E-state index contributed by atoms with van der Waals surface area (Å²) in [5.74, 6) is -0.357. The molecule has 2 rings (SSSR count). The van der Waals surface area contributed by atoms with Crippen molar-refractivity contribution in [3.63, 3.8) is 0 Å². The van der Waals surface area contributed by atoms with Gasteiger partial charge in [0.05, 0.1) is 0 Å². The van der Waals surface area contributed by atoms with Crippen LogP contribution in [0.3, 0.4) is 0 Å². The maximum Gasteiger partial charge on any atom is 0.573 e. The smallest absolute Gasteiger partial charge is 0.406 e. The maximum atomic E-state index is 11.9. The molecule has 1 aromatic carbocycles. The molecule has 0 aliphatic carbocycles. The van der Waals surface area contributed by atoms with Crippen molar-refractivity contribution in [2.24, 2.45) is 0 Å². The quantitative estimate of drug-likeness (QED) is 0.913. The van der Waals surface area contributed by atoms with Gasteiger partial charge in [0.1, 0.15) is 5.75 Å². The Morgan fingerprint density at radius 3 is 2.47 bits per heavy atom. The first-order chi connectivity index (χ1) is 8.94. The van der Waals surface area contributed by atoms with Crippen LogP contribution in [0.15, 0.2) is 42.7 Å². The fourth-order valence-electron chi connectivity index (χ4n) is 1.31. The summed E-state index contributed by atoms with van der Waals surface area (Å²) < 4.78 is 40.6. The first-order valence-corrected chi connectivity index (χ1v) is 5.11. The molecular formula is C11H8F3N3O2. The Labute approximate surface area is 105 Å². The van der Waals surface area contributed by atoms with Gasteiger partial charge in [-0.15, -0.1) is 13.2 Å². The second-order valence-corrected chi connectivity index (χ2v) is 3.45. The molecule has 8 heteroatoms. The largest absolute Gasteiger partial charge is 0.573 e. The van der Waals surface area contributed by atoms with Crippen molar-refractivity contribution in [1.82, 2.24) is 9.78 Å². The Kier molecular flexibility index (Phi) is 3.41. The van der Waals surface area contributed by atoms with Crippen LogP contribution in [0.5, 0.6) is 5.75 Å². The van der Waals surface area contributed by atoms with Crippen molar-refractivity contribution in [2.75, 3.05) is 5.32 Å². The number of rotatable bonds is 2. The van der Waals surface area contributed by atoms with Crippen molar-refractivity contribution in [1.29, 1.82) is 0 Å². The van der Waals surface area contributed by atoms with Gasteiger partial charge in [0, 0.05) is 18.1 Å². The summed E-state index contributed by atoms with van der Waals surface area (Å²) in [5, 5.41) is 6.17. The van der Waals surface area contributed by atoms with Gasteiger partial charge in [0.2, 0.25) is 0 Å². The van der Waals surface area contributed by atoms with Gasteiger partial charge in [-0.25, -0.2) is 4.79 Å². The van der Waals surface area contributed by atoms with E-state index in [4.69, 9.17) is 0 Å². The van der Waals surface area contributed by atoms with Gasteiger partial charge in [-0.05, 0) is 30.3 Å². The fourth-order valence-corrected chi connectivity index (χ4v) is 1.31. The number of halogens is 3. The van der Waals surface area contributed by atoms with Gasteiger partial charge in [-0.3, -0.25) is 0 Å². The highest BCUT2D eigenvalue weighted by molar-refractivity contribution is 5.90. The highest BCUT2D eigenvalue weighted by Gasteiger charge is 2.30. The van der Waals surface area contributed by atoms with Crippen molar-refractivity contribution in [3.8, 4) is 5.75 Å². The average molecular weight is 271 g/mol. The second-order valence-electron chi connectivity index (χ2n) is 3.45. The van der Waals surface area contributed by atoms with Crippen molar-refractivity contribution < 1.29 is 22.7 Å². The molecule has 1 aromatic heterocycles. The van der Waals surface area contributed by atoms with E-state index in [1.807, 2.05) is 0 Å². The molecule has 1 heterocycles. The predicted octanol–water partition coefficient (Wildman–Crippen LogP) is 2.86. The van der Waals surface area contributed by atoms with E-state index >= 15 is 0 Å². The normalized spacial score (nSPS) is 11.1. The number of amides is 1. The lowest BCUT2D eigenvalue weighted by Gasteiger charge is -2.09. The third kappa shape index (κ3) is 3.73. The molecule has 0 unspecified atom stereocenters. The molecule has 0 atom stereocenters. The summed E-state index contributed by atoms with van der Waals surface area (Å²) in [6, 6.07) is 5.85. The topological polar surface area (TPSA) is 56.1 Å². The molecule has 1 amide bonds. The lowest BCUT2D eigenvalue weighted by molar-refractivity contribution is -0.274. The number of nitrogens with one attached hydrogen (secondary N) is 1. The van der Waals surface area contributed by atoms with Gasteiger partial charge in [0.25, 0.3) is 0 Å². The van der Waals surface area contributed by atoms with Gasteiger partial charge < -0.3 is 10.1 Å². The highest BCUT2D eigenvalue weighted by Crippen LogP contribution is 2.23. The molecule has 1 N–H and O–H groups in total. The summed E-state index contributed by atoms with van der Waals surface area (Å²) in [6.07, 6.45) is -1.86. The first kappa shape index (κ1) is 12.9. The van der Waals surface area contributed by atoms with Gasteiger partial charge in [-0.2, -0.15) is 9.78 Å². The Balaban J connectivity index is 2.01. The molecular weight excluding hydrogens is 263 g/mol. The van der Waals surface area contributed by atoms with Crippen LogP contribution in [-0.4, -0.2) is 22.2 Å². The number of hydrogen-bond donors (Lipinski definition) is 1. The molecule has 5 nitrogen and oxygen atoms in total. The van der Waals surface area contributed by atoms with Crippen molar-refractivity contribution in [3.05, 3.63) is 42.7 Å². The molecule has 0 saturated heterocycles. The van der Waals surface area contributed by atoms with Crippen molar-refractivity contribution >= 4 is 11.7 Å². The van der Waals surface area contributed by atoms with E-state index in [-0.39, 0.29) is 5.75 Å². The molecule has 0 aliphatic heterocycles. The number of anilines is 1. The SMILES string of the molecule is O=C(Nc1ccc(OC(F)(F)F)cc1)n1cccn1. The zero-order valence-electron chi connectivity index (χ0n) is 9.39. The summed E-state index contributed by atoms with van der Waals surface area (Å²) >= 11 is 0. The minimum Gasteiger partial charge on any atom is -0.406 e. The van der Waals surface area contributed by atoms with Crippen LogP contribution in [0.25, 0.3) is 0 Å². The van der Waals surface area contributed by atoms with Crippen LogP contribution in [0.1, 0.15) is 0 Å². The first-order valence-electron chi connectivity index (χ1n) is 5.11.